The highest BCUT2D eigenvalue weighted by Crippen LogP contribution is 2.29. The number of rotatable bonds is 8. The second-order valence-corrected chi connectivity index (χ2v) is 5.99. The molecule has 110 valence electrons. The van der Waals surface area contributed by atoms with Gasteiger partial charge >= 0.3 is 5.97 Å². The van der Waals surface area contributed by atoms with E-state index >= 15 is 0 Å². The maximum Gasteiger partial charge on any atom is 0.303 e. The third-order valence-corrected chi connectivity index (χ3v) is 4.17. The van der Waals surface area contributed by atoms with Crippen molar-refractivity contribution in [2.45, 2.75) is 57.9 Å². The molecule has 0 saturated heterocycles. The van der Waals surface area contributed by atoms with Gasteiger partial charge in [0.05, 0.1) is 5.54 Å². The van der Waals surface area contributed by atoms with Gasteiger partial charge in [-0.25, -0.2) is 0 Å². The predicted octanol–water partition coefficient (Wildman–Crippen LogP) is 1.51. The van der Waals surface area contributed by atoms with Crippen LogP contribution in [-0.4, -0.2) is 29.1 Å². The molecule has 1 unspecified atom stereocenters. The second kappa shape index (κ2) is 6.89. The summed E-state index contributed by atoms with van der Waals surface area (Å²) in [5, 5.41) is 11.6. The molecule has 1 aliphatic carbocycles. The van der Waals surface area contributed by atoms with E-state index in [9.17, 15) is 9.59 Å². The number of hydrogen-bond acceptors (Lipinski definition) is 3. The van der Waals surface area contributed by atoms with E-state index in [4.69, 9.17) is 10.8 Å². The van der Waals surface area contributed by atoms with Crippen LogP contribution in [0.3, 0.4) is 0 Å². The normalized spacial score (nSPS) is 18.7. The summed E-state index contributed by atoms with van der Waals surface area (Å²) in [5.74, 6) is -0.0668. The number of nitrogens with one attached hydrogen (secondary N) is 1. The number of amides is 1. The molecule has 0 aromatic carbocycles. The third-order valence-electron chi connectivity index (χ3n) is 4.17. The fourth-order valence-electron chi connectivity index (χ4n) is 2.45. The van der Waals surface area contributed by atoms with Gasteiger partial charge in [-0.3, -0.25) is 9.59 Å². The molecule has 0 heterocycles. The monoisotopic (exact) mass is 270 g/mol. The minimum Gasteiger partial charge on any atom is -0.481 e. The van der Waals surface area contributed by atoms with E-state index in [1.807, 2.05) is 0 Å². The SMILES string of the molecule is CC(C)C(CCNC(=O)C1(N)CCC1)CCC(=O)O. The Morgan fingerprint density at radius 2 is 1.95 bits per heavy atom. The standard InChI is InChI=1S/C14H26N2O3/c1-10(2)11(4-5-12(17)18)6-9-16-13(19)14(15)7-3-8-14/h10-11H,3-9,15H2,1-2H3,(H,16,19)(H,17,18). The largest absolute Gasteiger partial charge is 0.481 e. The Morgan fingerprint density at radius 3 is 2.37 bits per heavy atom. The minimum atomic E-state index is -0.759. The van der Waals surface area contributed by atoms with Crippen molar-refractivity contribution < 1.29 is 14.7 Å². The van der Waals surface area contributed by atoms with Crippen molar-refractivity contribution in [2.75, 3.05) is 6.54 Å². The molecular formula is C14H26N2O3. The van der Waals surface area contributed by atoms with Crippen molar-refractivity contribution in [3.63, 3.8) is 0 Å². The van der Waals surface area contributed by atoms with Gasteiger partial charge in [0.2, 0.25) is 5.91 Å². The highest BCUT2D eigenvalue weighted by Gasteiger charge is 2.39. The molecule has 1 amide bonds. The molecule has 0 aromatic rings. The van der Waals surface area contributed by atoms with Crippen molar-refractivity contribution in [1.82, 2.24) is 5.32 Å². The highest BCUT2D eigenvalue weighted by atomic mass is 16.4. The molecule has 4 N–H and O–H groups in total. The molecule has 5 nitrogen and oxygen atoms in total. The van der Waals surface area contributed by atoms with Crippen LogP contribution in [0.4, 0.5) is 0 Å². The zero-order valence-electron chi connectivity index (χ0n) is 11.9. The Morgan fingerprint density at radius 1 is 1.32 bits per heavy atom. The molecule has 5 heteroatoms. The first-order chi connectivity index (χ1) is 8.85. The lowest BCUT2D eigenvalue weighted by Gasteiger charge is -2.36. The van der Waals surface area contributed by atoms with Crippen molar-refractivity contribution >= 4 is 11.9 Å². The maximum absolute atomic E-state index is 11.8. The lowest BCUT2D eigenvalue weighted by Crippen LogP contribution is -2.58. The summed E-state index contributed by atoms with van der Waals surface area (Å²) in [6.45, 7) is 4.76. The number of carbonyl (C=O) groups is 2. The van der Waals surface area contributed by atoms with Gasteiger partial charge in [0.25, 0.3) is 0 Å². The van der Waals surface area contributed by atoms with Gasteiger partial charge in [0.1, 0.15) is 0 Å². The van der Waals surface area contributed by atoms with E-state index in [0.29, 0.717) is 24.8 Å². The average molecular weight is 270 g/mol. The van der Waals surface area contributed by atoms with Crippen LogP contribution in [0.15, 0.2) is 0 Å². The van der Waals surface area contributed by atoms with E-state index in [0.717, 1.165) is 25.7 Å². The van der Waals surface area contributed by atoms with Gasteiger partial charge in [0.15, 0.2) is 0 Å². The minimum absolute atomic E-state index is 0.0560. The Kier molecular flexibility index (Phi) is 5.79. The van der Waals surface area contributed by atoms with Gasteiger partial charge < -0.3 is 16.2 Å². The van der Waals surface area contributed by atoms with Crippen LogP contribution in [0.2, 0.25) is 0 Å². The molecule has 19 heavy (non-hydrogen) atoms. The van der Waals surface area contributed by atoms with Crippen molar-refractivity contribution in [3.05, 3.63) is 0 Å². The van der Waals surface area contributed by atoms with Crippen LogP contribution in [-0.2, 0) is 9.59 Å². The molecule has 1 atom stereocenters. The summed E-state index contributed by atoms with van der Waals surface area (Å²) in [6.07, 6.45) is 4.23. The summed E-state index contributed by atoms with van der Waals surface area (Å²) in [4.78, 5) is 22.4. The van der Waals surface area contributed by atoms with Crippen LogP contribution in [0, 0.1) is 11.8 Å². The summed E-state index contributed by atoms with van der Waals surface area (Å²) >= 11 is 0. The van der Waals surface area contributed by atoms with Crippen molar-refractivity contribution in [3.8, 4) is 0 Å². The first-order valence-electron chi connectivity index (χ1n) is 7.14. The fraction of sp³-hybridized carbons (Fsp3) is 0.857. The van der Waals surface area contributed by atoms with Gasteiger partial charge in [-0.1, -0.05) is 13.8 Å². The van der Waals surface area contributed by atoms with Crippen molar-refractivity contribution in [1.29, 1.82) is 0 Å². The van der Waals surface area contributed by atoms with E-state index in [1.165, 1.54) is 0 Å². The summed E-state index contributed by atoms with van der Waals surface area (Å²) < 4.78 is 0. The molecule has 1 aliphatic rings. The van der Waals surface area contributed by atoms with E-state index in [2.05, 4.69) is 19.2 Å². The molecule has 0 aliphatic heterocycles. The molecule has 0 radical (unpaired) electrons. The Labute approximate surface area is 114 Å². The topological polar surface area (TPSA) is 92.4 Å². The van der Waals surface area contributed by atoms with Crippen LogP contribution < -0.4 is 11.1 Å². The molecule has 0 spiro atoms. The van der Waals surface area contributed by atoms with Crippen LogP contribution in [0.5, 0.6) is 0 Å². The summed E-state index contributed by atoms with van der Waals surface area (Å²) in [7, 11) is 0. The maximum atomic E-state index is 11.8. The number of carboxylic acid groups (broad SMARTS) is 1. The lowest BCUT2D eigenvalue weighted by molar-refractivity contribution is -0.137. The first kappa shape index (κ1) is 16.0. The van der Waals surface area contributed by atoms with Crippen LogP contribution in [0.1, 0.15) is 52.4 Å². The Bertz CT molecular complexity index is 325. The zero-order valence-corrected chi connectivity index (χ0v) is 11.9. The van der Waals surface area contributed by atoms with Crippen LogP contribution in [0.25, 0.3) is 0 Å². The number of carbonyl (C=O) groups excluding carboxylic acids is 1. The van der Waals surface area contributed by atoms with E-state index in [1.54, 1.807) is 0 Å². The predicted molar refractivity (Wildman–Crippen MR) is 73.6 cm³/mol. The molecule has 1 saturated carbocycles. The van der Waals surface area contributed by atoms with Crippen LogP contribution >= 0.6 is 0 Å². The number of aliphatic carboxylic acids is 1. The number of nitrogens with two attached hydrogens (primary N) is 1. The molecule has 1 rings (SSSR count). The fourth-order valence-corrected chi connectivity index (χ4v) is 2.45. The van der Waals surface area contributed by atoms with Gasteiger partial charge in [-0.05, 0) is 43.9 Å². The third kappa shape index (κ3) is 4.82. The average Bonchev–Trinajstić information content (AvgIpc) is 2.29. The number of hydrogen-bond donors (Lipinski definition) is 3. The highest BCUT2D eigenvalue weighted by molar-refractivity contribution is 5.86. The molecule has 1 fully saturated rings. The molecule has 0 aromatic heterocycles. The number of carboxylic acids is 1. The molecule has 0 bridgehead atoms. The summed E-state index contributed by atoms with van der Waals surface area (Å²) in [6, 6.07) is 0. The quantitative estimate of drug-likeness (QED) is 0.623. The van der Waals surface area contributed by atoms with Crippen molar-refractivity contribution in [2.24, 2.45) is 17.6 Å². The summed E-state index contributed by atoms with van der Waals surface area (Å²) in [5.41, 5.74) is 5.29. The van der Waals surface area contributed by atoms with Gasteiger partial charge in [-0.2, -0.15) is 0 Å². The second-order valence-electron chi connectivity index (χ2n) is 5.99. The smallest absolute Gasteiger partial charge is 0.303 e. The van der Waals surface area contributed by atoms with E-state index < -0.39 is 11.5 Å². The first-order valence-corrected chi connectivity index (χ1v) is 7.14. The lowest BCUT2D eigenvalue weighted by atomic mass is 9.77. The zero-order chi connectivity index (χ0) is 14.5. The Balaban J connectivity index is 2.27. The Hall–Kier alpha value is -1.10. The van der Waals surface area contributed by atoms with Gasteiger partial charge in [0, 0.05) is 13.0 Å². The van der Waals surface area contributed by atoms with Gasteiger partial charge in [-0.15, -0.1) is 0 Å². The van der Waals surface area contributed by atoms with E-state index in [-0.39, 0.29) is 12.3 Å². The molecular weight excluding hydrogens is 244 g/mol.